The Morgan fingerprint density at radius 1 is 0.571 bits per heavy atom. The zero-order valence-electron chi connectivity index (χ0n) is 6.38. The van der Waals surface area contributed by atoms with Crippen LogP contribution in [0.3, 0.4) is 0 Å². The van der Waals surface area contributed by atoms with Crippen LogP contribution in [0, 0.1) is 0 Å². The third kappa shape index (κ3) is 67.0. The van der Waals surface area contributed by atoms with Crippen molar-refractivity contribution in [3.05, 3.63) is 0 Å². The van der Waals surface area contributed by atoms with E-state index in [4.69, 9.17) is 0 Å². The molecule has 0 aromatic rings. The minimum atomic E-state index is 0. The minimum absolute atomic E-state index is 0. The molecule has 7 heavy (non-hydrogen) atoms. The summed E-state index contributed by atoms with van der Waals surface area (Å²) in [5.41, 5.74) is 0. The molecular formula is H2Al2Li2O3. The summed E-state index contributed by atoms with van der Waals surface area (Å²) < 4.78 is 0. The fraction of sp³-hybridized carbons (Fsp3) is 0. The number of rotatable bonds is 0. The van der Waals surface area contributed by atoms with E-state index in [1.54, 1.807) is 0 Å². The molecule has 0 aromatic heterocycles. The van der Waals surface area contributed by atoms with Crippen molar-refractivity contribution < 1.29 is 57.0 Å². The molecule has 0 radical (unpaired) electrons. The quantitative estimate of drug-likeness (QED) is 0.283. The molecule has 0 unspecified atom stereocenters. The van der Waals surface area contributed by atoms with Gasteiger partial charge in [0.05, 0.1) is 0 Å². The summed E-state index contributed by atoms with van der Waals surface area (Å²) >= 11 is 0. The van der Waals surface area contributed by atoms with E-state index in [1.165, 1.54) is 0 Å². The molecule has 0 aliphatic rings. The average molecular weight is 118 g/mol. The molecule has 0 aliphatic heterocycles. The maximum absolute atomic E-state index is 0. The van der Waals surface area contributed by atoms with Crippen LogP contribution < -0.4 is 37.7 Å². The van der Waals surface area contributed by atoms with Gasteiger partial charge >= 0.3 is 72.4 Å². The van der Waals surface area contributed by atoms with Crippen LogP contribution in [0.25, 0.3) is 0 Å². The normalized spacial score (nSPS) is 0. The summed E-state index contributed by atoms with van der Waals surface area (Å²) in [7, 11) is 0. The topological polar surface area (TPSA) is 85.5 Å². The van der Waals surface area contributed by atoms with Crippen LogP contribution in [0.15, 0.2) is 0 Å². The third-order valence-electron chi connectivity index (χ3n) is 0. The van der Waals surface area contributed by atoms with Crippen LogP contribution in [-0.2, 0) is 16.4 Å². The van der Waals surface area contributed by atoms with E-state index >= 15 is 0 Å². The third-order valence-corrected chi connectivity index (χ3v) is 0. The molecule has 0 aromatic carbocycles. The molecule has 0 spiro atoms. The predicted molar refractivity (Wildman–Crippen MR) is 15.8 cm³/mol. The van der Waals surface area contributed by atoms with Crippen LogP contribution >= 0.6 is 0 Å². The van der Waals surface area contributed by atoms with Gasteiger partial charge in [-0.15, -0.1) is 0 Å². The molecule has 0 saturated carbocycles. The minimum Gasteiger partial charge on any atom is -2.00 e. The standard InChI is InChI=1S/2Al.2Li.3O.2H/q2*+3;2*+1;3*-2;2*-1. The van der Waals surface area contributed by atoms with Crippen molar-refractivity contribution in [3.63, 3.8) is 0 Å². The maximum Gasteiger partial charge on any atom is 3.00 e. The molecule has 0 N–H and O–H groups in total. The van der Waals surface area contributed by atoms with Crippen molar-refractivity contribution in [3.8, 4) is 0 Å². The monoisotopic (exact) mass is 118 g/mol. The molecule has 0 bridgehead atoms. The first-order chi connectivity index (χ1) is 0. The van der Waals surface area contributed by atoms with Crippen LogP contribution in [0.5, 0.6) is 0 Å². The van der Waals surface area contributed by atoms with Gasteiger partial charge in [-0.3, -0.25) is 0 Å². The molecule has 0 atom stereocenters. The summed E-state index contributed by atoms with van der Waals surface area (Å²) in [6.45, 7) is 0. The van der Waals surface area contributed by atoms with E-state index in [1.807, 2.05) is 0 Å². The summed E-state index contributed by atoms with van der Waals surface area (Å²) in [5.74, 6) is 0. The van der Waals surface area contributed by atoms with E-state index in [2.05, 4.69) is 0 Å². The SMILES string of the molecule is [Al+3].[Al+3].[H-].[H-].[Li+].[Li+].[O-2].[O-2].[O-2]. The molecular weight excluding hydrogens is 116 g/mol. The number of hydrogen-bond donors (Lipinski definition) is 0. The summed E-state index contributed by atoms with van der Waals surface area (Å²) in [4.78, 5) is 0. The van der Waals surface area contributed by atoms with Crippen LogP contribution in [0.4, 0.5) is 0 Å². The Labute approximate surface area is 91.1 Å². The van der Waals surface area contributed by atoms with Crippen molar-refractivity contribution in [2.75, 3.05) is 0 Å². The average Bonchev–Trinajstić information content (AvgIpc) is 0. The Balaban J connectivity index is 0. The first kappa shape index (κ1) is 132. The fourth-order valence-corrected chi connectivity index (χ4v) is 0. The van der Waals surface area contributed by atoms with Gasteiger partial charge in [-0.25, -0.2) is 0 Å². The van der Waals surface area contributed by atoms with Crippen molar-refractivity contribution in [1.29, 1.82) is 0 Å². The predicted octanol–water partition coefficient (Wildman–Crippen LogP) is -6.89. The molecule has 0 amide bonds. The Morgan fingerprint density at radius 2 is 0.571 bits per heavy atom. The molecule has 7 heteroatoms. The fourth-order valence-electron chi connectivity index (χ4n) is 0. The summed E-state index contributed by atoms with van der Waals surface area (Å²) in [6, 6.07) is 0. The Morgan fingerprint density at radius 3 is 0.571 bits per heavy atom. The van der Waals surface area contributed by atoms with Crippen LogP contribution in [0.2, 0.25) is 0 Å². The molecule has 3 nitrogen and oxygen atoms in total. The van der Waals surface area contributed by atoms with Crippen LogP contribution in [-0.4, -0.2) is 34.7 Å². The second-order valence-corrected chi connectivity index (χ2v) is 0. The maximum atomic E-state index is 0. The van der Waals surface area contributed by atoms with Crippen molar-refractivity contribution in [2.24, 2.45) is 0 Å². The van der Waals surface area contributed by atoms with Crippen molar-refractivity contribution >= 4 is 34.7 Å². The largest absolute Gasteiger partial charge is 3.00 e. The first-order valence-corrected chi connectivity index (χ1v) is 0. The molecule has 28 valence electrons. The van der Waals surface area contributed by atoms with E-state index in [0.29, 0.717) is 0 Å². The van der Waals surface area contributed by atoms with E-state index < -0.39 is 0 Å². The molecule has 0 rings (SSSR count). The molecule has 0 heterocycles. The van der Waals surface area contributed by atoms with Gasteiger partial charge in [0.2, 0.25) is 0 Å². The summed E-state index contributed by atoms with van der Waals surface area (Å²) in [5, 5.41) is 0. The van der Waals surface area contributed by atoms with Gasteiger partial charge in [-0.1, -0.05) is 0 Å². The smallest absolute Gasteiger partial charge is 2.00 e. The van der Waals surface area contributed by atoms with E-state index in [9.17, 15) is 0 Å². The second kappa shape index (κ2) is 90.6. The van der Waals surface area contributed by atoms with Gasteiger partial charge in [0.15, 0.2) is 0 Å². The van der Waals surface area contributed by atoms with E-state index in [0.717, 1.165) is 0 Å². The Hall–Kier alpha value is 2.14. The molecule has 0 saturated heterocycles. The van der Waals surface area contributed by atoms with Crippen molar-refractivity contribution in [1.82, 2.24) is 0 Å². The second-order valence-electron chi connectivity index (χ2n) is 0. The van der Waals surface area contributed by atoms with Gasteiger partial charge in [0.1, 0.15) is 0 Å². The van der Waals surface area contributed by atoms with Gasteiger partial charge in [-0.2, -0.15) is 0 Å². The zero-order valence-corrected chi connectivity index (χ0v) is 6.69. The van der Waals surface area contributed by atoms with E-state index in [-0.39, 0.29) is 91.7 Å². The zero-order chi connectivity index (χ0) is 0. The van der Waals surface area contributed by atoms with Crippen LogP contribution in [0.1, 0.15) is 2.85 Å². The summed E-state index contributed by atoms with van der Waals surface area (Å²) in [6.07, 6.45) is 0. The van der Waals surface area contributed by atoms with Gasteiger partial charge in [0, 0.05) is 0 Å². The Kier molecular flexibility index (Phi) is 1710. The molecule has 0 fully saturated rings. The van der Waals surface area contributed by atoms with Gasteiger partial charge in [0.25, 0.3) is 0 Å². The Bertz CT molecular complexity index is 17.8. The molecule has 0 aliphatic carbocycles. The first-order valence-electron chi connectivity index (χ1n) is 0. The van der Waals surface area contributed by atoms with Gasteiger partial charge < -0.3 is 19.3 Å². The van der Waals surface area contributed by atoms with Crippen molar-refractivity contribution in [2.45, 2.75) is 0 Å². The van der Waals surface area contributed by atoms with Gasteiger partial charge in [-0.05, 0) is 0 Å². The number of hydrogen-bond acceptors (Lipinski definition) is 0.